The fourth-order valence-corrected chi connectivity index (χ4v) is 3.22. The molecule has 0 aliphatic carbocycles. The Morgan fingerprint density at radius 1 is 1.00 bits per heavy atom. The van der Waals surface area contributed by atoms with Crippen molar-refractivity contribution in [1.29, 1.82) is 0 Å². The summed E-state index contributed by atoms with van der Waals surface area (Å²) in [5.74, 6) is 0. The van der Waals surface area contributed by atoms with E-state index in [2.05, 4.69) is 27.7 Å². The predicted molar refractivity (Wildman–Crippen MR) is 108 cm³/mol. The number of carbonyl (C=O) groups excluding carboxylic acids is 1. The Bertz CT molecular complexity index is 730. The molecule has 2 N–H and O–H groups in total. The maximum atomic E-state index is 12.1. The third-order valence-corrected chi connectivity index (χ3v) is 4.92. The first kappa shape index (κ1) is 19.7. The molecular weight excluding hydrogens is 362 g/mol. The Hall–Kier alpha value is -2.08. The summed E-state index contributed by atoms with van der Waals surface area (Å²) in [7, 11) is 0. The molecule has 1 saturated heterocycles. The van der Waals surface area contributed by atoms with Crippen molar-refractivity contribution in [3.63, 3.8) is 0 Å². The molecule has 3 rings (SSSR count). The molecule has 1 aliphatic rings. The summed E-state index contributed by atoms with van der Waals surface area (Å²) in [6, 6.07) is 15.8. The molecule has 0 bridgehead atoms. The zero-order chi connectivity index (χ0) is 18.9. The highest BCUT2D eigenvalue weighted by Gasteiger charge is 2.13. The predicted octanol–water partition coefficient (Wildman–Crippen LogP) is 3.21. The third-order valence-electron chi connectivity index (χ3n) is 4.67. The van der Waals surface area contributed by atoms with Gasteiger partial charge in [-0.3, -0.25) is 4.90 Å². The summed E-state index contributed by atoms with van der Waals surface area (Å²) in [5.41, 5.74) is 3.55. The van der Waals surface area contributed by atoms with E-state index in [-0.39, 0.29) is 6.03 Å². The van der Waals surface area contributed by atoms with Crippen LogP contribution in [0.3, 0.4) is 0 Å². The average molecular weight is 388 g/mol. The van der Waals surface area contributed by atoms with Gasteiger partial charge in [0.2, 0.25) is 0 Å². The molecule has 6 heteroatoms. The second-order valence-corrected chi connectivity index (χ2v) is 7.08. The smallest absolute Gasteiger partial charge is 0.315 e. The van der Waals surface area contributed by atoms with E-state index in [1.165, 1.54) is 5.56 Å². The Morgan fingerprint density at radius 3 is 2.44 bits per heavy atom. The number of rotatable bonds is 7. The molecule has 0 aromatic heterocycles. The Kier molecular flexibility index (Phi) is 7.51. The van der Waals surface area contributed by atoms with Crippen LogP contribution in [0.1, 0.15) is 16.7 Å². The molecule has 1 aliphatic heterocycles. The number of hydrogen-bond donors (Lipinski definition) is 2. The molecular formula is C21H26ClN3O2. The van der Waals surface area contributed by atoms with Gasteiger partial charge in [-0.1, -0.05) is 48.0 Å². The average Bonchev–Trinajstić information content (AvgIpc) is 2.70. The molecule has 2 amide bonds. The van der Waals surface area contributed by atoms with Crippen LogP contribution in [-0.4, -0.2) is 43.8 Å². The van der Waals surface area contributed by atoms with Crippen molar-refractivity contribution < 1.29 is 9.53 Å². The van der Waals surface area contributed by atoms with Crippen LogP contribution in [0, 0.1) is 0 Å². The largest absolute Gasteiger partial charge is 0.379 e. The van der Waals surface area contributed by atoms with Gasteiger partial charge in [0.1, 0.15) is 0 Å². The second kappa shape index (κ2) is 10.3. The van der Waals surface area contributed by atoms with Gasteiger partial charge in [-0.2, -0.15) is 0 Å². The first-order chi connectivity index (χ1) is 13.2. The minimum absolute atomic E-state index is 0.148. The molecule has 0 unspecified atom stereocenters. The van der Waals surface area contributed by atoms with Gasteiger partial charge in [-0.05, 0) is 35.2 Å². The van der Waals surface area contributed by atoms with E-state index in [0.717, 1.165) is 55.4 Å². The van der Waals surface area contributed by atoms with Crippen molar-refractivity contribution in [3.05, 3.63) is 70.2 Å². The minimum Gasteiger partial charge on any atom is -0.379 e. The van der Waals surface area contributed by atoms with Crippen molar-refractivity contribution in [1.82, 2.24) is 15.5 Å². The summed E-state index contributed by atoms with van der Waals surface area (Å²) in [4.78, 5) is 14.5. The van der Waals surface area contributed by atoms with Gasteiger partial charge in [-0.15, -0.1) is 0 Å². The van der Waals surface area contributed by atoms with Gasteiger partial charge in [0.15, 0.2) is 0 Å². The first-order valence-electron chi connectivity index (χ1n) is 9.34. The van der Waals surface area contributed by atoms with E-state index >= 15 is 0 Å². The SMILES string of the molecule is O=C(NCCc1ccc(Cl)cc1)NCc1ccccc1CN1CCOCC1. The lowest BCUT2D eigenvalue weighted by Gasteiger charge is -2.27. The molecule has 1 fully saturated rings. The molecule has 0 spiro atoms. The molecule has 0 atom stereocenters. The third kappa shape index (κ3) is 6.54. The van der Waals surface area contributed by atoms with E-state index in [9.17, 15) is 4.79 Å². The summed E-state index contributed by atoms with van der Waals surface area (Å²) in [6.45, 7) is 5.47. The number of halogens is 1. The zero-order valence-electron chi connectivity index (χ0n) is 15.4. The van der Waals surface area contributed by atoms with Crippen LogP contribution in [0.2, 0.25) is 5.02 Å². The minimum atomic E-state index is -0.148. The van der Waals surface area contributed by atoms with Crippen LogP contribution in [-0.2, 0) is 24.2 Å². The van der Waals surface area contributed by atoms with Gasteiger partial charge in [0, 0.05) is 37.7 Å². The van der Waals surface area contributed by atoms with Crippen LogP contribution in [0.15, 0.2) is 48.5 Å². The fraction of sp³-hybridized carbons (Fsp3) is 0.381. The number of amides is 2. The molecule has 144 valence electrons. The van der Waals surface area contributed by atoms with E-state index in [4.69, 9.17) is 16.3 Å². The lowest BCUT2D eigenvalue weighted by Crippen LogP contribution is -2.37. The maximum absolute atomic E-state index is 12.1. The molecule has 2 aromatic carbocycles. The number of morpholine rings is 1. The van der Waals surface area contributed by atoms with Crippen LogP contribution < -0.4 is 10.6 Å². The summed E-state index contributed by atoms with van der Waals surface area (Å²) in [6.07, 6.45) is 0.776. The van der Waals surface area contributed by atoms with Crippen LogP contribution in [0.4, 0.5) is 4.79 Å². The fourth-order valence-electron chi connectivity index (χ4n) is 3.09. The lowest BCUT2D eigenvalue weighted by molar-refractivity contribution is 0.0341. The molecule has 0 radical (unpaired) electrons. The Labute approximate surface area is 165 Å². The molecule has 0 saturated carbocycles. The quantitative estimate of drug-likeness (QED) is 0.767. The van der Waals surface area contributed by atoms with Crippen molar-refractivity contribution in [3.8, 4) is 0 Å². The number of nitrogens with one attached hydrogen (secondary N) is 2. The van der Waals surface area contributed by atoms with Gasteiger partial charge >= 0.3 is 6.03 Å². The number of ether oxygens (including phenoxy) is 1. The topological polar surface area (TPSA) is 53.6 Å². The lowest BCUT2D eigenvalue weighted by atomic mass is 10.1. The molecule has 2 aromatic rings. The van der Waals surface area contributed by atoms with E-state index in [0.29, 0.717) is 13.1 Å². The highest BCUT2D eigenvalue weighted by atomic mass is 35.5. The van der Waals surface area contributed by atoms with Gasteiger partial charge in [0.05, 0.1) is 13.2 Å². The number of urea groups is 1. The second-order valence-electron chi connectivity index (χ2n) is 6.64. The van der Waals surface area contributed by atoms with Crippen molar-refractivity contribution >= 4 is 17.6 Å². The van der Waals surface area contributed by atoms with E-state index < -0.39 is 0 Å². The van der Waals surface area contributed by atoms with Crippen molar-refractivity contribution in [2.45, 2.75) is 19.5 Å². The van der Waals surface area contributed by atoms with Crippen LogP contribution >= 0.6 is 11.6 Å². The molecule has 27 heavy (non-hydrogen) atoms. The van der Waals surface area contributed by atoms with Crippen molar-refractivity contribution in [2.24, 2.45) is 0 Å². The van der Waals surface area contributed by atoms with Gasteiger partial charge in [0.25, 0.3) is 0 Å². The van der Waals surface area contributed by atoms with Gasteiger partial charge in [-0.25, -0.2) is 4.79 Å². The summed E-state index contributed by atoms with van der Waals surface area (Å²) < 4.78 is 5.41. The van der Waals surface area contributed by atoms with E-state index in [1.54, 1.807) is 0 Å². The zero-order valence-corrected chi connectivity index (χ0v) is 16.2. The first-order valence-corrected chi connectivity index (χ1v) is 9.71. The number of benzene rings is 2. The monoisotopic (exact) mass is 387 g/mol. The molecule has 1 heterocycles. The number of nitrogens with zero attached hydrogens (tertiary/aromatic N) is 1. The van der Waals surface area contributed by atoms with Crippen LogP contribution in [0.25, 0.3) is 0 Å². The normalized spacial score (nSPS) is 14.7. The highest BCUT2D eigenvalue weighted by Crippen LogP contribution is 2.13. The maximum Gasteiger partial charge on any atom is 0.315 e. The highest BCUT2D eigenvalue weighted by molar-refractivity contribution is 6.30. The van der Waals surface area contributed by atoms with E-state index in [1.807, 2.05) is 36.4 Å². The Morgan fingerprint density at radius 2 is 1.70 bits per heavy atom. The standard InChI is InChI=1S/C21H26ClN3O2/c22-20-7-5-17(6-8-20)9-10-23-21(26)24-15-18-3-1-2-4-19(18)16-25-11-13-27-14-12-25/h1-8H,9-16H2,(H2,23,24,26). The number of carbonyl (C=O) groups is 1. The molecule has 5 nitrogen and oxygen atoms in total. The van der Waals surface area contributed by atoms with Crippen molar-refractivity contribution in [2.75, 3.05) is 32.8 Å². The van der Waals surface area contributed by atoms with Crippen LogP contribution in [0.5, 0.6) is 0 Å². The summed E-state index contributed by atoms with van der Waals surface area (Å²) in [5, 5.41) is 6.59. The summed E-state index contributed by atoms with van der Waals surface area (Å²) >= 11 is 5.88. The number of hydrogen-bond acceptors (Lipinski definition) is 3. The van der Waals surface area contributed by atoms with Gasteiger partial charge < -0.3 is 15.4 Å². The Balaban J connectivity index is 1.43.